The van der Waals surface area contributed by atoms with Crippen molar-refractivity contribution in [3.63, 3.8) is 0 Å². The van der Waals surface area contributed by atoms with E-state index in [-0.39, 0.29) is 5.41 Å². The Bertz CT molecular complexity index is 6120. The van der Waals surface area contributed by atoms with Crippen molar-refractivity contribution in [2.24, 2.45) is 0 Å². The largest absolute Gasteiger partial charge is 0.310 e. The third-order valence-electron chi connectivity index (χ3n) is 24.5. The first-order valence-electron chi connectivity index (χ1n) is 39.3. The summed E-state index contributed by atoms with van der Waals surface area (Å²) in [5.41, 5.74) is 38.7. The number of para-hydroxylation sites is 2. The van der Waals surface area contributed by atoms with Crippen LogP contribution in [-0.2, 0) is 16.2 Å². The lowest BCUT2D eigenvalue weighted by atomic mass is 9.67. The Morgan fingerprint density at radius 2 is 0.609 bits per heavy atom. The highest BCUT2D eigenvalue weighted by molar-refractivity contribution is 6.06. The van der Waals surface area contributed by atoms with E-state index in [9.17, 15) is 0 Å². The van der Waals surface area contributed by atoms with Crippen molar-refractivity contribution in [2.75, 3.05) is 14.7 Å². The van der Waals surface area contributed by atoms with Gasteiger partial charge in [-0.3, -0.25) is 0 Å². The number of fused-ring (bicyclic) bond motifs is 16. The van der Waals surface area contributed by atoms with Gasteiger partial charge < -0.3 is 14.7 Å². The monoisotopic (exact) mass is 1410 g/mol. The van der Waals surface area contributed by atoms with Crippen molar-refractivity contribution in [3.05, 3.63) is 449 Å². The molecule has 0 heterocycles. The molecule has 16 aromatic rings. The number of hydrogen-bond acceptors (Lipinski definition) is 3. The van der Waals surface area contributed by atoms with Gasteiger partial charge in [0.25, 0.3) is 0 Å². The molecule has 1 spiro atoms. The van der Waals surface area contributed by atoms with Gasteiger partial charge >= 0.3 is 0 Å². The normalized spacial score (nSPS) is 13.6. The number of nitrogens with zero attached hydrogens (tertiary/aromatic N) is 3. The topological polar surface area (TPSA) is 9.72 Å². The molecule has 0 bridgehead atoms. The van der Waals surface area contributed by atoms with Crippen molar-refractivity contribution in [2.45, 2.75) is 69.6 Å². The molecule has 0 radical (unpaired) electrons. The molecule has 16 aromatic carbocycles. The number of anilines is 9. The predicted octanol–water partition coefficient (Wildman–Crippen LogP) is 28.6. The van der Waals surface area contributed by atoms with Gasteiger partial charge in [0.1, 0.15) is 0 Å². The van der Waals surface area contributed by atoms with Crippen LogP contribution >= 0.6 is 0 Å². The van der Waals surface area contributed by atoms with Crippen LogP contribution in [0, 0.1) is 13.8 Å². The molecule has 0 aromatic heterocycles. The predicted molar refractivity (Wildman–Crippen MR) is 460 cm³/mol. The molecule has 0 saturated heterocycles. The molecule has 0 unspecified atom stereocenters. The zero-order valence-corrected chi connectivity index (χ0v) is 62.5. The molecule has 0 N–H and O–H groups in total. The number of rotatable bonds is 17. The Labute approximate surface area is 647 Å². The van der Waals surface area contributed by atoms with Crippen LogP contribution in [-0.4, -0.2) is 0 Å². The highest BCUT2D eigenvalue weighted by Crippen LogP contribution is 2.68. The lowest BCUT2D eigenvalue weighted by Crippen LogP contribution is -2.28. The van der Waals surface area contributed by atoms with Crippen LogP contribution in [0.4, 0.5) is 51.2 Å². The maximum absolute atomic E-state index is 2.57. The lowest BCUT2D eigenvalue weighted by molar-refractivity contribution is 0.436. The molecule has 110 heavy (non-hydrogen) atoms. The molecular formula is C107H83N3. The summed E-state index contributed by atoms with van der Waals surface area (Å²) in [4.78, 5) is 7.64. The summed E-state index contributed by atoms with van der Waals surface area (Å²) in [6, 6.07) is 145. The van der Waals surface area contributed by atoms with E-state index in [4.69, 9.17) is 0 Å². The SMILES string of the molecule is CCCC1(CCC)c2ccc(N(c3cccc(N(c4ccccc4)c4cccc5c4-c4ccccc4C5(c4ccc(C)cc4)c4ccc(C)cc4)c3)c3cccc(N(c4ccccc4)c4ccc(-c5ccccc5)c5c4C4(c6ccccc6-c6ccccc64)c4ccccc4-5)c3)cc2-c2c(-c3ccccc3)cccc21. The average Bonchev–Trinajstić information content (AvgIpc) is 1.50. The molecular weight excluding hydrogens is 1330 g/mol. The van der Waals surface area contributed by atoms with Crippen LogP contribution in [0.25, 0.3) is 66.8 Å². The summed E-state index contributed by atoms with van der Waals surface area (Å²) < 4.78 is 0. The Morgan fingerprint density at radius 1 is 0.227 bits per heavy atom. The molecule has 0 aliphatic heterocycles. The summed E-state index contributed by atoms with van der Waals surface area (Å²) in [5, 5.41) is 0. The average molecular weight is 1410 g/mol. The van der Waals surface area contributed by atoms with E-state index in [1.165, 1.54) is 134 Å². The van der Waals surface area contributed by atoms with Crippen LogP contribution in [0.1, 0.15) is 106 Å². The van der Waals surface area contributed by atoms with Gasteiger partial charge in [0.05, 0.1) is 22.2 Å². The number of hydrogen-bond donors (Lipinski definition) is 0. The number of benzene rings is 16. The molecule has 20 rings (SSSR count). The zero-order chi connectivity index (χ0) is 73.7. The smallest absolute Gasteiger partial charge is 0.0746 e. The zero-order valence-electron chi connectivity index (χ0n) is 62.5. The third kappa shape index (κ3) is 10.0. The summed E-state index contributed by atoms with van der Waals surface area (Å²) >= 11 is 0. The summed E-state index contributed by atoms with van der Waals surface area (Å²) in [6.45, 7) is 9.12. The van der Waals surface area contributed by atoms with Crippen LogP contribution in [0.3, 0.4) is 0 Å². The minimum Gasteiger partial charge on any atom is -0.310 e. The second kappa shape index (κ2) is 26.7. The fraction of sp³-hybridized carbons (Fsp3) is 0.103. The molecule has 4 aliphatic carbocycles. The van der Waals surface area contributed by atoms with Crippen molar-refractivity contribution in [1.29, 1.82) is 0 Å². The Balaban J connectivity index is 0.840. The molecule has 3 nitrogen and oxygen atoms in total. The molecule has 4 aliphatic rings. The van der Waals surface area contributed by atoms with Gasteiger partial charge in [-0.15, -0.1) is 0 Å². The van der Waals surface area contributed by atoms with Gasteiger partial charge in [-0.1, -0.05) is 335 Å². The van der Waals surface area contributed by atoms with Gasteiger partial charge in [-0.2, -0.15) is 0 Å². The van der Waals surface area contributed by atoms with E-state index in [2.05, 4.69) is 425 Å². The van der Waals surface area contributed by atoms with Crippen molar-refractivity contribution in [3.8, 4) is 66.8 Å². The van der Waals surface area contributed by atoms with Crippen LogP contribution in [0.5, 0.6) is 0 Å². The molecule has 0 fully saturated rings. The van der Waals surface area contributed by atoms with Crippen molar-refractivity contribution >= 4 is 51.2 Å². The van der Waals surface area contributed by atoms with Gasteiger partial charge in [0.15, 0.2) is 0 Å². The van der Waals surface area contributed by atoms with Crippen LogP contribution < -0.4 is 14.7 Å². The second-order valence-corrected chi connectivity index (χ2v) is 30.5. The first-order valence-corrected chi connectivity index (χ1v) is 39.3. The standard InChI is InChI=1S/C107H83N3/c1-5-67-105(68-6-2)92-65-63-84(71-91(92)101-85(47-29-52-97(101)105)74-31-11-7-12-32-74)108(80-39-27-41-82(69-80)109(78-35-15-9-16-36-78)99-54-30-53-98-103(99)90-46-22-25-50-95(90)106(98,76-59-55-72(3)56-60-76)77-61-57-73(4)58-62-77)81-40-28-42-83(70-81)110(79-37-17-10-18-38-79)100-66-64-86(75-33-13-8-14-34-75)102-89-45-21-26-51-96(89)107(104(100)102)93-48-23-19-43-87(93)88-44-20-24-49-94(88)107/h7-66,69-71H,5-6,67-68H2,1-4H3. The fourth-order valence-electron chi connectivity index (χ4n) is 20.2. The first-order chi connectivity index (χ1) is 54.3. The van der Waals surface area contributed by atoms with Crippen molar-refractivity contribution < 1.29 is 0 Å². The first kappa shape index (κ1) is 66.4. The molecule has 526 valence electrons. The second-order valence-electron chi connectivity index (χ2n) is 30.5. The number of aryl methyl sites for hydroxylation is 2. The summed E-state index contributed by atoms with van der Waals surface area (Å²) in [6.07, 6.45) is 4.25. The molecule has 0 atom stereocenters. The van der Waals surface area contributed by atoms with Gasteiger partial charge in [-0.25, -0.2) is 0 Å². The van der Waals surface area contributed by atoms with Crippen molar-refractivity contribution in [1.82, 2.24) is 0 Å². The van der Waals surface area contributed by atoms with Gasteiger partial charge in [0, 0.05) is 56.4 Å². The maximum atomic E-state index is 2.57. The Hall–Kier alpha value is -13.1. The van der Waals surface area contributed by atoms with Crippen LogP contribution in [0.15, 0.2) is 382 Å². The Kier molecular flexibility index (Phi) is 16.1. The van der Waals surface area contributed by atoms with Gasteiger partial charge in [-0.05, 0) is 223 Å². The van der Waals surface area contributed by atoms with Gasteiger partial charge in [0.2, 0.25) is 0 Å². The van der Waals surface area contributed by atoms with E-state index in [1.54, 1.807) is 0 Å². The van der Waals surface area contributed by atoms with E-state index < -0.39 is 10.8 Å². The Morgan fingerprint density at radius 3 is 1.14 bits per heavy atom. The summed E-state index contributed by atoms with van der Waals surface area (Å²) in [5.74, 6) is 0. The lowest BCUT2D eigenvalue weighted by Gasteiger charge is -2.36. The molecule has 0 saturated carbocycles. The van der Waals surface area contributed by atoms with E-state index in [0.717, 1.165) is 76.9 Å². The third-order valence-corrected chi connectivity index (χ3v) is 24.5. The highest BCUT2D eigenvalue weighted by Gasteiger charge is 2.55. The minimum absolute atomic E-state index is 0.159. The minimum atomic E-state index is -0.672. The van der Waals surface area contributed by atoms with E-state index in [0.29, 0.717) is 0 Å². The highest BCUT2D eigenvalue weighted by atomic mass is 15.2. The van der Waals surface area contributed by atoms with E-state index in [1.807, 2.05) is 0 Å². The quantitative estimate of drug-likeness (QED) is 0.0900. The maximum Gasteiger partial charge on any atom is 0.0746 e. The fourth-order valence-corrected chi connectivity index (χ4v) is 20.2. The molecule has 0 amide bonds. The molecule has 3 heteroatoms. The summed E-state index contributed by atoms with van der Waals surface area (Å²) in [7, 11) is 0. The van der Waals surface area contributed by atoms with E-state index >= 15 is 0 Å². The van der Waals surface area contributed by atoms with Crippen LogP contribution in [0.2, 0.25) is 0 Å².